The van der Waals surface area contributed by atoms with Gasteiger partial charge in [0.15, 0.2) is 0 Å². The van der Waals surface area contributed by atoms with E-state index >= 15 is 0 Å². The number of carbonyl (C=O) groups excluding carboxylic acids is 1. The van der Waals surface area contributed by atoms with Crippen LogP contribution in [0, 0.1) is 0 Å². The van der Waals surface area contributed by atoms with Gasteiger partial charge >= 0.3 is 24.6 Å². The molecule has 39 heavy (non-hydrogen) atoms. The van der Waals surface area contributed by atoms with Crippen LogP contribution in [0.4, 0.5) is 50.0 Å². The molecule has 214 valence electrons. The molecule has 1 amide bonds. The fourth-order valence-electron chi connectivity index (χ4n) is 4.94. The first-order chi connectivity index (χ1) is 18.0. The second kappa shape index (κ2) is 11.1. The van der Waals surface area contributed by atoms with E-state index in [1.165, 1.54) is 11.8 Å². The molecule has 0 N–H and O–H groups in total. The number of fused-ring (bicyclic) bond motifs is 1. The quantitative estimate of drug-likeness (QED) is 0.259. The average Bonchev–Trinajstić information content (AvgIpc) is 2.84. The van der Waals surface area contributed by atoms with Gasteiger partial charge in [-0.3, -0.25) is 4.90 Å². The van der Waals surface area contributed by atoms with Crippen LogP contribution in [0.3, 0.4) is 0 Å². The van der Waals surface area contributed by atoms with Crippen molar-refractivity contribution in [2.45, 2.75) is 63.1 Å². The van der Waals surface area contributed by atoms with Gasteiger partial charge < -0.3 is 9.73 Å². The molecule has 1 aliphatic heterocycles. The van der Waals surface area contributed by atoms with Gasteiger partial charge in [0.1, 0.15) is 0 Å². The smallest absolute Gasteiger partial charge is 0.416 e. The zero-order valence-electron chi connectivity index (χ0n) is 20.8. The number of carbonyl (C=O) groups is 1. The molecule has 4 nitrogen and oxygen atoms in total. The van der Waals surface area contributed by atoms with Crippen LogP contribution in [0.2, 0.25) is 0 Å². The lowest BCUT2D eigenvalue weighted by Gasteiger charge is -2.42. The molecule has 13 heteroatoms. The molecule has 0 saturated carbocycles. The van der Waals surface area contributed by atoms with Gasteiger partial charge in [-0.2, -0.15) is 39.5 Å². The molecule has 0 radical (unpaired) electrons. The van der Waals surface area contributed by atoms with E-state index < -0.39 is 64.8 Å². The lowest BCUT2D eigenvalue weighted by Crippen LogP contribution is -2.46. The molecule has 0 aromatic heterocycles. The fourth-order valence-corrected chi connectivity index (χ4v) is 4.94. The minimum atomic E-state index is -5.12. The Hall–Kier alpha value is -3.25. The third kappa shape index (κ3) is 6.50. The van der Waals surface area contributed by atoms with Crippen molar-refractivity contribution in [1.29, 1.82) is 0 Å². The first-order valence-corrected chi connectivity index (χ1v) is 11.9. The lowest BCUT2D eigenvalue weighted by molar-refractivity contribution is -0.143. The Labute approximate surface area is 218 Å². The first kappa shape index (κ1) is 30.3. The predicted octanol–water partition coefficient (Wildman–Crippen LogP) is 8.46. The van der Waals surface area contributed by atoms with Crippen molar-refractivity contribution in [3.63, 3.8) is 0 Å². The van der Waals surface area contributed by atoms with Gasteiger partial charge in [-0.25, -0.2) is 4.79 Å². The molecule has 2 aromatic rings. The molecule has 0 fully saturated rings. The number of halogens is 9. The lowest BCUT2D eigenvalue weighted by atomic mass is 9.73. The Bertz CT molecular complexity index is 1170. The number of benzene rings is 2. The standard InChI is InChI=1S/C26H25F9N2O2/c1-4-18-12-19(20-11-15(24(27,28)29)6-7-22(20)37(18)23(38)39-5-2)21(13-36-3)14-8-16(25(30,31)32)10-17(9-14)26(33,34)35/h6-11,18-19,21H,3-5,12-13H2,1-2H3/t18-,19?,21+/m1/s1. The molecule has 1 aliphatic rings. The summed E-state index contributed by atoms with van der Waals surface area (Å²) in [5, 5.41) is 0. The second-order valence-electron chi connectivity index (χ2n) is 9.10. The van der Waals surface area contributed by atoms with Crippen molar-refractivity contribution in [3.8, 4) is 0 Å². The van der Waals surface area contributed by atoms with Crippen LogP contribution in [-0.4, -0.2) is 32.0 Å². The SMILES string of the molecule is C=NC[C@@H](c1cc(C(F)(F)F)cc(C(F)(F)F)c1)C1C[C@@H](CC)N(C(=O)OCC)c2ccc(C(F)(F)F)cc21. The van der Waals surface area contributed by atoms with Crippen molar-refractivity contribution in [1.82, 2.24) is 0 Å². The van der Waals surface area contributed by atoms with Crippen molar-refractivity contribution < 1.29 is 49.0 Å². The van der Waals surface area contributed by atoms with Gasteiger partial charge in [-0.1, -0.05) is 6.92 Å². The minimum Gasteiger partial charge on any atom is -0.449 e. The minimum absolute atomic E-state index is 0.0180. The highest BCUT2D eigenvalue weighted by Gasteiger charge is 2.43. The van der Waals surface area contributed by atoms with Gasteiger partial charge in [0, 0.05) is 18.5 Å². The average molecular weight is 568 g/mol. The summed E-state index contributed by atoms with van der Waals surface area (Å²) in [5.41, 5.74) is -4.64. The number of anilines is 1. The summed E-state index contributed by atoms with van der Waals surface area (Å²) in [4.78, 5) is 17.7. The Morgan fingerprint density at radius 1 is 0.949 bits per heavy atom. The van der Waals surface area contributed by atoms with E-state index in [0.29, 0.717) is 12.1 Å². The summed E-state index contributed by atoms with van der Waals surface area (Å²) >= 11 is 0. The first-order valence-electron chi connectivity index (χ1n) is 11.9. The molecule has 3 atom stereocenters. The van der Waals surface area contributed by atoms with Gasteiger partial charge in [-0.05, 0) is 79.9 Å². The van der Waals surface area contributed by atoms with E-state index in [-0.39, 0.29) is 43.3 Å². The van der Waals surface area contributed by atoms with Crippen molar-refractivity contribution in [3.05, 3.63) is 64.2 Å². The van der Waals surface area contributed by atoms with Crippen LogP contribution in [0.5, 0.6) is 0 Å². The van der Waals surface area contributed by atoms with Gasteiger partial charge in [0.25, 0.3) is 0 Å². The molecule has 1 heterocycles. The predicted molar refractivity (Wildman–Crippen MR) is 126 cm³/mol. The van der Waals surface area contributed by atoms with Crippen LogP contribution in [0.1, 0.15) is 66.3 Å². The van der Waals surface area contributed by atoms with Crippen LogP contribution in [0.25, 0.3) is 0 Å². The van der Waals surface area contributed by atoms with Crippen molar-refractivity contribution in [2.24, 2.45) is 4.99 Å². The zero-order valence-corrected chi connectivity index (χ0v) is 20.8. The molecule has 2 aromatic carbocycles. The topological polar surface area (TPSA) is 41.9 Å². The summed E-state index contributed by atoms with van der Waals surface area (Å²) in [5.74, 6) is -2.25. The number of nitrogens with zero attached hydrogens (tertiary/aromatic N) is 2. The number of amides is 1. The van der Waals surface area contributed by atoms with E-state index in [9.17, 15) is 44.3 Å². The Balaban J connectivity index is 2.30. The van der Waals surface area contributed by atoms with E-state index in [4.69, 9.17) is 4.74 Å². The zero-order chi connectivity index (χ0) is 29.3. The molecule has 0 spiro atoms. The van der Waals surface area contributed by atoms with E-state index in [1.807, 2.05) is 0 Å². The third-order valence-corrected chi connectivity index (χ3v) is 6.69. The summed E-state index contributed by atoms with van der Waals surface area (Å²) in [6.07, 6.45) is -15.7. The summed E-state index contributed by atoms with van der Waals surface area (Å²) in [7, 11) is 0. The number of ether oxygens (including phenoxy) is 1. The van der Waals surface area contributed by atoms with Crippen molar-refractivity contribution >= 4 is 18.5 Å². The summed E-state index contributed by atoms with van der Waals surface area (Å²) < 4.78 is 128. The Morgan fingerprint density at radius 2 is 1.51 bits per heavy atom. The maximum atomic E-state index is 13.7. The highest BCUT2D eigenvalue weighted by atomic mass is 19.4. The number of aliphatic imine (C=N–C) groups is 1. The highest BCUT2D eigenvalue weighted by Crippen LogP contribution is 2.49. The fraction of sp³-hybridized carbons (Fsp3) is 0.462. The van der Waals surface area contributed by atoms with Gasteiger partial charge in [0.05, 0.1) is 29.0 Å². The highest BCUT2D eigenvalue weighted by molar-refractivity contribution is 5.90. The van der Waals surface area contributed by atoms with Crippen LogP contribution in [-0.2, 0) is 23.3 Å². The normalized spacial score (nSPS) is 18.9. The Morgan fingerprint density at radius 3 is 1.97 bits per heavy atom. The number of hydrogen-bond donors (Lipinski definition) is 0. The van der Waals surface area contributed by atoms with Crippen LogP contribution >= 0.6 is 0 Å². The van der Waals surface area contributed by atoms with E-state index in [0.717, 1.165) is 18.2 Å². The van der Waals surface area contributed by atoms with Gasteiger partial charge in [0.2, 0.25) is 0 Å². The molecule has 0 bridgehead atoms. The van der Waals surface area contributed by atoms with Crippen LogP contribution in [0.15, 0.2) is 41.4 Å². The van der Waals surface area contributed by atoms with Gasteiger partial charge in [-0.15, -0.1) is 0 Å². The molecular formula is C26H25F9N2O2. The maximum Gasteiger partial charge on any atom is 0.416 e. The number of hydrogen-bond acceptors (Lipinski definition) is 3. The van der Waals surface area contributed by atoms with E-state index in [2.05, 4.69) is 11.7 Å². The maximum absolute atomic E-state index is 13.7. The monoisotopic (exact) mass is 568 g/mol. The third-order valence-electron chi connectivity index (χ3n) is 6.69. The molecule has 3 rings (SSSR count). The van der Waals surface area contributed by atoms with E-state index in [1.54, 1.807) is 6.92 Å². The number of alkyl halides is 9. The number of rotatable bonds is 6. The molecular weight excluding hydrogens is 543 g/mol. The Kier molecular flexibility index (Phi) is 8.61. The van der Waals surface area contributed by atoms with Crippen molar-refractivity contribution in [2.75, 3.05) is 18.1 Å². The van der Waals surface area contributed by atoms with Crippen LogP contribution < -0.4 is 4.90 Å². The molecule has 0 saturated heterocycles. The molecule has 0 aliphatic carbocycles. The summed E-state index contributed by atoms with van der Waals surface area (Å²) in [6.45, 7) is 6.14. The second-order valence-corrected chi connectivity index (χ2v) is 9.10. The largest absolute Gasteiger partial charge is 0.449 e. The molecule has 1 unspecified atom stereocenters. The summed E-state index contributed by atoms with van der Waals surface area (Å²) in [6, 6.07) is 3.01.